The van der Waals surface area contributed by atoms with E-state index in [1.165, 1.54) is 49.6 Å². The van der Waals surface area contributed by atoms with Crippen LogP contribution in [0.3, 0.4) is 0 Å². The molecule has 0 fully saturated rings. The SMILES string of the molecule is COC(=O)c1cc(CNC(=O)c2ccc(OCC(=O)Nc3cccc(C(F)(F)F)c3)cc2)oc1C. The smallest absolute Gasteiger partial charge is 0.416 e. The van der Waals surface area contributed by atoms with Gasteiger partial charge in [0.2, 0.25) is 0 Å². The average molecular weight is 490 g/mol. The maximum absolute atomic E-state index is 12.8. The lowest BCUT2D eigenvalue weighted by atomic mass is 10.2. The van der Waals surface area contributed by atoms with Crippen molar-refractivity contribution in [2.75, 3.05) is 19.0 Å². The molecule has 0 radical (unpaired) electrons. The van der Waals surface area contributed by atoms with E-state index in [2.05, 4.69) is 15.4 Å². The van der Waals surface area contributed by atoms with Crippen LogP contribution in [0.25, 0.3) is 0 Å². The molecule has 1 aromatic heterocycles. The predicted molar refractivity (Wildman–Crippen MR) is 118 cm³/mol. The molecule has 0 aliphatic carbocycles. The summed E-state index contributed by atoms with van der Waals surface area (Å²) < 4.78 is 53.7. The summed E-state index contributed by atoms with van der Waals surface area (Å²) in [5.74, 6) is -0.561. The Morgan fingerprint density at radius 2 is 1.74 bits per heavy atom. The molecular weight excluding hydrogens is 469 g/mol. The Balaban J connectivity index is 1.49. The molecule has 8 nitrogen and oxygen atoms in total. The van der Waals surface area contributed by atoms with Crippen molar-refractivity contribution in [3.05, 3.63) is 82.8 Å². The monoisotopic (exact) mass is 490 g/mol. The lowest BCUT2D eigenvalue weighted by molar-refractivity contribution is -0.137. The number of nitrogens with one attached hydrogen (secondary N) is 2. The van der Waals surface area contributed by atoms with Crippen LogP contribution in [0.5, 0.6) is 5.75 Å². The molecule has 0 saturated heterocycles. The van der Waals surface area contributed by atoms with Crippen LogP contribution in [-0.4, -0.2) is 31.5 Å². The molecule has 2 N–H and O–H groups in total. The number of amides is 2. The van der Waals surface area contributed by atoms with Gasteiger partial charge in [0.05, 0.1) is 19.2 Å². The lowest BCUT2D eigenvalue weighted by Gasteiger charge is -2.11. The van der Waals surface area contributed by atoms with Gasteiger partial charge in [0.1, 0.15) is 22.8 Å². The molecule has 0 atom stereocenters. The molecule has 0 aliphatic rings. The van der Waals surface area contributed by atoms with Crippen molar-refractivity contribution in [1.29, 1.82) is 0 Å². The number of halogens is 3. The Morgan fingerprint density at radius 1 is 1.03 bits per heavy atom. The normalized spacial score (nSPS) is 11.0. The van der Waals surface area contributed by atoms with Gasteiger partial charge >= 0.3 is 12.1 Å². The first kappa shape index (κ1) is 25.3. The Morgan fingerprint density at radius 3 is 2.40 bits per heavy atom. The van der Waals surface area contributed by atoms with Crippen molar-refractivity contribution >= 4 is 23.5 Å². The molecule has 35 heavy (non-hydrogen) atoms. The third kappa shape index (κ3) is 6.85. The molecule has 0 unspecified atom stereocenters. The van der Waals surface area contributed by atoms with Gasteiger partial charge in [-0.1, -0.05) is 6.07 Å². The van der Waals surface area contributed by atoms with E-state index in [4.69, 9.17) is 9.15 Å². The molecule has 0 spiro atoms. The number of anilines is 1. The van der Waals surface area contributed by atoms with E-state index in [0.29, 0.717) is 17.1 Å². The fourth-order valence-corrected chi connectivity index (χ4v) is 3.03. The van der Waals surface area contributed by atoms with Gasteiger partial charge in [-0.05, 0) is 55.5 Å². The second kappa shape index (κ2) is 10.8. The van der Waals surface area contributed by atoms with Crippen LogP contribution in [0.15, 0.2) is 59.0 Å². The summed E-state index contributed by atoms with van der Waals surface area (Å²) in [5.41, 5.74) is -0.306. The maximum atomic E-state index is 12.8. The molecule has 11 heteroatoms. The van der Waals surface area contributed by atoms with Crippen molar-refractivity contribution in [2.24, 2.45) is 0 Å². The van der Waals surface area contributed by atoms with E-state index in [1.807, 2.05) is 0 Å². The first-order valence-corrected chi connectivity index (χ1v) is 10.2. The first-order valence-electron chi connectivity index (χ1n) is 10.2. The summed E-state index contributed by atoms with van der Waals surface area (Å²) in [4.78, 5) is 36.0. The fraction of sp³-hybridized carbons (Fsp3) is 0.208. The summed E-state index contributed by atoms with van der Waals surface area (Å²) in [6.45, 7) is 1.21. The molecule has 184 valence electrons. The predicted octanol–water partition coefficient (Wildman–Crippen LogP) is 4.34. The van der Waals surface area contributed by atoms with Crippen LogP contribution in [-0.2, 0) is 22.3 Å². The number of hydrogen-bond donors (Lipinski definition) is 2. The van der Waals surface area contributed by atoms with Crippen molar-refractivity contribution in [3.63, 3.8) is 0 Å². The third-order valence-corrected chi connectivity index (χ3v) is 4.76. The minimum Gasteiger partial charge on any atom is -0.484 e. The van der Waals surface area contributed by atoms with Crippen LogP contribution >= 0.6 is 0 Å². The van der Waals surface area contributed by atoms with Gasteiger partial charge in [-0.3, -0.25) is 9.59 Å². The molecule has 0 bridgehead atoms. The van der Waals surface area contributed by atoms with Gasteiger partial charge in [0.15, 0.2) is 6.61 Å². The number of ether oxygens (including phenoxy) is 2. The zero-order chi connectivity index (χ0) is 25.6. The number of carbonyl (C=O) groups is 3. The zero-order valence-electron chi connectivity index (χ0n) is 18.7. The van der Waals surface area contributed by atoms with E-state index in [0.717, 1.165) is 12.1 Å². The largest absolute Gasteiger partial charge is 0.484 e. The molecule has 3 aromatic rings. The van der Waals surface area contributed by atoms with Crippen LogP contribution in [0, 0.1) is 6.92 Å². The number of benzene rings is 2. The Kier molecular flexibility index (Phi) is 7.80. The summed E-state index contributed by atoms with van der Waals surface area (Å²) in [6, 6.07) is 11.6. The second-order valence-corrected chi connectivity index (χ2v) is 7.30. The molecule has 0 aliphatic heterocycles. The quantitative estimate of drug-likeness (QED) is 0.455. The van der Waals surface area contributed by atoms with Crippen molar-refractivity contribution in [1.82, 2.24) is 5.32 Å². The number of rotatable bonds is 8. The van der Waals surface area contributed by atoms with Crippen molar-refractivity contribution in [2.45, 2.75) is 19.6 Å². The summed E-state index contributed by atoms with van der Waals surface area (Å²) >= 11 is 0. The maximum Gasteiger partial charge on any atom is 0.416 e. The van der Waals surface area contributed by atoms with Gasteiger partial charge in [-0.2, -0.15) is 13.2 Å². The van der Waals surface area contributed by atoms with Crippen molar-refractivity contribution < 1.29 is 41.4 Å². The van der Waals surface area contributed by atoms with Gasteiger partial charge in [-0.25, -0.2) is 4.79 Å². The number of alkyl halides is 3. The van der Waals surface area contributed by atoms with Crippen LogP contribution in [0.2, 0.25) is 0 Å². The third-order valence-electron chi connectivity index (χ3n) is 4.76. The minimum atomic E-state index is -4.52. The fourth-order valence-electron chi connectivity index (χ4n) is 3.03. The number of aryl methyl sites for hydroxylation is 1. The number of furan rings is 1. The standard InChI is InChI=1S/C24H21F3N2O6/c1-14-20(23(32)33-2)11-19(35-14)12-28-22(31)15-6-8-18(9-7-15)34-13-21(30)29-17-5-3-4-16(10-17)24(25,26)27/h3-11H,12-13H2,1-2H3,(H,28,31)(H,29,30). The number of methoxy groups -OCH3 is 1. The highest BCUT2D eigenvalue weighted by atomic mass is 19.4. The first-order chi connectivity index (χ1) is 16.6. The van der Waals surface area contributed by atoms with Crippen LogP contribution < -0.4 is 15.4 Å². The molecular formula is C24H21F3N2O6. The van der Waals surface area contributed by atoms with Gasteiger partial charge in [-0.15, -0.1) is 0 Å². The van der Waals surface area contributed by atoms with E-state index < -0.39 is 36.1 Å². The van der Waals surface area contributed by atoms with Crippen LogP contribution in [0.4, 0.5) is 18.9 Å². The topological polar surface area (TPSA) is 107 Å². The number of esters is 1. The molecule has 0 saturated carbocycles. The van der Waals surface area contributed by atoms with Gasteiger partial charge in [0.25, 0.3) is 11.8 Å². The van der Waals surface area contributed by atoms with E-state index in [-0.39, 0.29) is 23.5 Å². The van der Waals surface area contributed by atoms with Gasteiger partial charge in [0, 0.05) is 11.3 Å². The molecule has 1 heterocycles. The highest BCUT2D eigenvalue weighted by Gasteiger charge is 2.30. The van der Waals surface area contributed by atoms with Crippen molar-refractivity contribution in [3.8, 4) is 5.75 Å². The minimum absolute atomic E-state index is 0.00842. The van der Waals surface area contributed by atoms with E-state index >= 15 is 0 Å². The molecule has 3 rings (SSSR count). The molecule has 2 amide bonds. The second-order valence-electron chi connectivity index (χ2n) is 7.30. The van der Waals surface area contributed by atoms with Crippen LogP contribution in [0.1, 0.15) is 37.8 Å². The highest BCUT2D eigenvalue weighted by molar-refractivity contribution is 5.94. The number of carbonyl (C=O) groups excluding carboxylic acids is 3. The highest BCUT2D eigenvalue weighted by Crippen LogP contribution is 2.30. The summed E-state index contributed by atoms with van der Waals surface area (Å²) in [5, 5.41) is 4.99. The lowest BCUT2D eigenvalue weighted by Crippen LogP contribution is -2.22. The Labute approximate surface area is 198 Å². The summed E-state index contributed by atoms with van der Waals surface area (Å²) in [7, 11) is 1.26. The average Bonchev–Trinajstić information content (AvgIpc) is 3.21. The zero-order valence-corrected chi connectivity index (χ0v) is 18.7. The Bertz CT molecular complexity index is 1220. The summed E-state index contributed by atoms with van der Waals surface area (Å²) in [6.07, 6.45) is -4.52. The molecule has 2 aromatic carbocycles. The van der Waals surface area contributed by atoms with E-state index in [1.54, 1.807) is 6.92 Å². The van der Waals surface area contributed by atoms with E-state index in [9.17, 15) is 27.6 Å². The number of hydrogen-bond acceptors (Lipinski definition) is 6. The van der Waals surface area contributed by atoms with Gasteiger partial charge < -0.3 is 24.5 Å². The Hall–Kier alpha value is -4.28.